The molecule has 0 aromatic heterocycles. The number of nitrogens with zero attached hydrogens (tertiary/aromatic N) is 1. The highest BCUT2D eigenvalue weighted by atomic mass is 16.5. The summed E-state index contributed by atoms with van der Waals surface area (Å²) in [5.41, 5.74) is 1.58. The molecule has 1 aliphatic rings. The van der Waals surface area contributed by atoms with E-state index in [1.807, 2.05) is 0 Å². The molecule has 228 valence electrons. The number of aromatic hydroxyl groups is 1. The molecule has 5 nitrogen and oxygen atoms in total. The Balaban J connectivity index is 2.14. The van der Waals surface area contributed by atoms with Gasteiger partial charge < -0.3 is 14.6 Å². The van der Waals surface area contributed by atoms with Gasteiger partial charge in [0.1, 0.15) is 19.0 Å². The summed E-state index contributed by atoms with van der Waals surface area (Å²) in [4.78, 5) is 17.7. The van der Waals surface area contributed by atoms with E-state index in [0.29, 0.717) is 31.1 Å². The van der Waals surface area contributed by atoms with Crippen LogP contribution in [0.4, 0.5) is 0 Å². The van der Waals surface area contributed by atoms with Crippen molar-refractivity contribution in [3.05, 3.63) is 28.8 Å². The summed E-state index contributed by atoms with van der Waals surface area (Å²) < 4.78 is 12.0. The summed E-state index contributed by atoms with van der Waals surface area (Å²) in [5.74, 6) is 0.869. The number of benzene rings is 1. The number of carbonyl (C=O) groups is 1. The molecule has 1 unspecified atom stereocenters. The minimum atomic E-state index is -0.608. The molecule has 1 aromatic rings. The zero-order chi connectivity index (χ0) is 30.2. The van der Waals surface area contributed by atoms with Crippen LogP contribution in [0.15, 0.2) is 17.1 Å². The molecule has 1 aliphatic heterocycles. The Morgan fingerprint density at radius 3 is 1.85 bits per heavy atom. The number of hydrogen-bond acceptors (Lipinski definition) is 5. The molecule has 0 radical (unpaired) electrons. The monoisotopic (exact) mass is 557 g/mol. The van der Waals surface area contributed by atoms with Gasteiger partial charge in [-0.25, -0.2) is 4.99 Å². The summed E-state index contributed by atoms with van der Waals surface area (Å²) in [6.45, 7) is 21.9. The summed E-state index contributed by atoms with van der Waals surface area (Å²) in [7, 11) is 0. The number of phenolic OH excluding ortho intramolecular Hbond substituents is 1. The van der Waals surface area contributed by atoms with Gasteiger partial charge in [0, 0.05) is 6.42 Å². The average molecular weight is 558 g/mol. The van der Waals surface area contributed by atoms with E-state index in [2.05, 4.69) is 81.4 Å². The third kappa shape index (κ3) is 10.4. The van der Waals surface area contributed by atoms with Crippen LogP contribution in [0.5, 0.6) is 5.75 Å². The summed E-state index contributed by atoms with van der Waals surface area (Å²) in [5, 5.41) is 11.2. The molecule has 0 bridgehead atoms. The van der Waals surface area contributed by atoms with Gasteiger partial charge in [0.05, 0.1) is 11.0 Å². The van der Waals surface area contributed by atoms with Crippen molar-refractivity contribution in [1.82, 2.24) is 0 Å². The van der Waals surface area contributed by atoms with Crippen LogP contribution in [-0.2, 0) is 31.5 Å². The van der Waals surface area contributed by atoms with Gasteiger partial charge in [0.15, 0.2) is 5.90 Å². The third-order valence-electron chi connectivity index (χ3n) is 7.90. The Morgan fingerprint density at radius 1 is 0.900 bits per heavy atom. The van der Waals surface area contributed by atoms with Crippen molar-refractivity contribution in [1.29, 1.82) is 0 Å². The zero-order valence-electron chi connectivity index (χ0n) is 27.5. The standard InChI is InChI=1S/C35H59NO4/c1-11-12-13-14-15-16-17-18-19-20-29(37)39-25-35(10,31-36-34(8,9)24-40-31)23-26-21-27(32(2,3)4)30(38)28(22-26)33(5,6)7/h21-22,38H,11-20,23-25H2,1-10H3. The van der Waals surface area contributed by atoms with Crippen molar-refractivity contribution in [3.63, 3.8) is 0 Å². The first kappa shape index (κ1) is 34.2. The lowest BCUT2D eigenvalue weighted by Crippen LogP contribution is -2.37. The second-order valence-electron chi connectivity index (χ2n) is 15.0. The number of aliphatic imine (C=N–C) groups is 1. The van der Waals surface area contributed by atoms with Gasteiger partial charge >= 0.3 is 5.97 Å². The first-order valence-corrected chi connectivity index (χ1v) is 15.7. The summed E-state index contributed by atoms with van der Waals surface area (Å²) in [6, 6.07) is 4.21. The van der Waals surface area contributed by atoms with E-state index in [-0.39, 0.29) is 28.9 Å². The van der Waals surface area contributed by atoms with Gasteiger partial charge in [-0.1, -0.05) is 112 Å². The maximum Gasteiger partial charge on any atom is 0.305 e. The van der Waals surface area contributed by atoms with E-state index in [4.69, 9.17) is 14.5 Å². The number of ether oxygens (including phenoxy) is 2. The maximum absolute atomic E-state index is 12.8. The van der Waals surface area contributed by atoms with Gasteiger partial charge in [-0.05, 0) is 61.1 Å². The number of rotatable bonds is 15. The maximum atomic E-state index is 12.8. The molecule has 40 heavy (non-hydrogen) atoms. The van der Waals surface area contributed by atoms with E-state index in [1.54, 1.807) is 0 Å². The SMILES string of the molecule is CCCCCCCCCCCC(=O)OCC(C)(Cc1cc(C(C)(C)C)c(O)c(C(C)(C)C)c1)C1=NC(C)(C)CO1. The fraction of sp³-hybridized carbons (Fsp3) is 0.771. The van der Waals surface area contributed by atoms with Gasteiger partial charge in [-0.2, -0.15) is 0 Å². The van der Waals surface area contributed by atoms with Gasteiger partial charge in [0.25, 0.3) is 0 Å². The predicted octanol–water partition coefficient (Wildman–Crippen LogP) is 9.21. The molecule has 1 atom stereocenters. The zero-order valence-corrected chi connectivity index (χ0v) is 27.5. The Bertz CT molecular complexity index is 961. The topological polar surface area (TPSA) is 68.1 Å². The lowest BCUT2D eigenvalue weighted by Gasteiger charge is -2.32. The Labute approximate surface area is 245 Å². The number of esters is 1. The molecule has 1 N–H and O–H groups in total. The lowest BCUT2D eigenvalue weighted by molar-refractivity contribution is -0.146. The fourth-order valence-corrected chi connectivity index (χ4v) is 5.36. The van der Waals surface area contributed by atoms with E-state index < -0.39 is 5.41 Å². The van der Waals surface area contributed by atoms with Crippen LogP contribution in [0.25, 0.3) is 0 Å². The molecular formula is C35H59NO4. The van der Waals surface area contributed by atoms with Crippen LogP contribution in [0.1, 0.15) is 150 Å². The third-order valence-corrected chi connectivity index (χ3v) is 7.90. The van der Waals surface area contributed by atoms with Crippen molar-refractivity contribution in [2.24, 2.45) is 10.4 Å². The van der Waals surface area contributed by atoms with Crippen molar-refractivity contribution >= 4 is 11.9 Å². The van der Waals surface area contributed by atoms with E-state index >= 15 is 0 Å². The lowest BCUT2D eigenvalue weighted by atomic mass is 9.76. The Morgan fingerprint density at radius 2 is 1.40 bits per heavy atom. The Hall–Kier alpha value is -2.04. The number of carbonyl (C=O) groups excluding carboxylic acids is 1. The molecule has 1 aromatic carbocycles. The van der Waals surface area contributed by atoms with Gasteiger partial charge in [-0.15, -0.1) is 0 Å². The number of hydrogen-bond donors (Lipinski definition) is 1. The van der Waals surface area contributed by atoms with Crippen molar-refractivity contribution < 1.29 is 19.4 Å². The van der Waals surface area contributed by atoms with Gasteiger partial charge in [-0.3, -0.25) is 4.79 Å². The highest BCUT2D eigenvalue weighted by Crippen LogP contribution is 2.41. The molecule has 0 aliphatic carbocycles. The fourth-order valence-electron chi connectivity index (χ4n) is 5.36. The molecule has 0 saturated heterocycles. The van der Waals surface area contributed by atoms with Crippen LogP contribution in [0, 0.1) is 5.41 Å². The van der Waals surface area contributed by atoms with Crippen LogP contribution in [0.2, 0.25) is 0 Å². The van der Waals surface area contributed by atoms with Crippen LogP contribution in [-0.4, -0.2) is 35.7 Å². The Kier molecular flexibility index (Phi) is 12.2. The average Bonchev–Trinajstić information content (AvgIpc) is 3.21. The van der Waals surface area contributed by atoms with E-state index in [0.717, 1.165) is 29.5 Å². The summed E-state index contributed by atoms with van der Waals surface area (Å²) >= 11 is 0. The molecular weight excluding hydrogens is 498 g/mol. The van der Waals surface area contributed by atoms with Crippen molar-refractivity contribution in [3.8, 4) is 5.75 Å². The number of phenols is 1. The molecule has 0 amide bonds. The largest absolute Gasteiger partial charge is 0.507 e. The minimum absolute atomic E-state index is 0.150. The first-order valence-electron chi connectivity index (χ1n) is 15.7. The summed E-state index contributed by atoms with van der Waals surface area (Å²) in [6.07, 6.45) is 12.0. The quantitative estimate of drug-likeness (QED) is 0.172. The smallest absolute Gasteiger partial charge is 0.305 e. The van der Waals surface area contributed by atoms with E-state index in [9.17, 15) is 9.90 Å². The predicted molar refractivity (Wildman–Crippen MR) is 168 cm³/mol. The van der Waals surface area contributed by atoms with Crippen LogP contribution in [0.3, 0.4) is 0 Å². The van der Waals surface area contributed by atoms with Crippen molar-refractivity contribution in [2.75, 3.05) is 13.2 Å². The number of unbranched alkanes of at least 4 members (excludes halogenated alkanes) is 8. The molecule has 1 heterocycles. The van der Waals surface area contributed by atoms with Crippen LogP contribution < -0.4 is 0 Å². The highest BCUT2D eigenvalue weighted by molar-refractivity contribution is 5.85. The molecule has 0 saturated carbocycles. The van der Waals surface area contributed by atoms with Crippen LogP contribution >= 0.6 is 0 Å². The molecule has 0 spiro atoms. The highest BCUT2D eigenvalue weighted by Gasteiger charge is 2.41. The van der Waals surface area contributed by atoms with Crippen molar-refractivity contribution in [2.45, 2.75) is 156 Å². The normalized spacial score (nSPS) is 16.8. The second kappa shape index (κ2) is 14.2. The molecule has 2 rings (SSSR count). The first-order chi connectivity index (χ1) is 18.5. The molecule has 5 heteroatoms. The van der Waals surface area contributed by atoms with Gasteiger partial charge in [0.2, 0.25) is 0 Å². The minimum Gasteiger partial charge on any atom is -0.507 e. The second-order valence-corrected chi connectivity index (χ2v) is 15.0. The van der Waals surface area contributed by atoms with E-state index in [1.165, 1.54) is 44.9 Å². The molecule has 0 fully saturated rings.